The molecule has 0 radical (unpaired) electrons. The van der Waals surface area contributed by atoms with Gasteiger partial charge in [-0.2, -0.15) is 0 Å². The van der Waals surface area contributed by atoms with Crippen molar-refractivity contribution in [1.29, 1.82) is 0 Å². The Kier molecular flexibility index (Phi) is 3.90. The summed E-state index contributed by atoms with van der Waals surface area (Å²) in [6.07, 6.45) is 1.33. The Hall–Kier alpha value is -1.82. The van der Waals surface area contributed by atoms with Gasteiger partial charge in [0.25, 0.3) is 0 Å². The van der Waals surface area contributed by atoms with E-state index >= 15 is 0 Å². The average Bonchev–Trinajstić information content (AvgIpc) is 2.36. The van der Waals surface area contributed by atoms with Crippen LogP contribution in [-0.2, 0) is 9.53 Å². The highest BCUT2D eigenvalue weighted by Gasteiger charge is 2.24. The molecule has 0 aromatic heterocycles. The monoisotopic (exact) mass is 272 g/mol. The number of halogens is 3. The van der Waals surface area contributed by atoms with E-state index in [1.807, 2.05) is 13.0 Å². The van der Waals surface area contributed by atoms with Gasteiger partial charge in [0.1, 0.15) is 5.75 Å². The van der Waals surface area contributed by atoms with Gasteiger partial charge in [-0.15, -0.1) is 0 Å². The highest BCUT2D eigenvalue weighted by atomic mass is 19.2. The second-order valence-corrected chi connectivity index (χ2v) is 4.21. The molecule has 0 bridgehead atoms. The second kappa shape index (κ2) is 5.44. The number of esters is 1. The fraction of sp³-hybridized carbons (Fsp3) is 0.308. The maximum absolute atomic E-state index is 12.9. The van der Waals surface area contributed by atoms with Gasteiger partial charge >= 0.3 is 5.97 Å². The van der Waals surface area contributed by atoms with Crippen molar-refractivity contribution in [2.75, 3.05) is 6.61 Å². The molecule has 19 heavy (non-hydrogen) atoms. The molecule has 1 aliphatic rings. The Morgan fingerprint density at radius 1 is 1.32 bits per heavy atom. The lowest BCUT2D eigenvalue weighted by Gasteiger charge is -2.19. The lowest BCUT2D eigenvalue weighted by Crippen LogP contribution is -2.31. The molecule has 0 amide bonds. The molecule has 0 saturated heterocycles. The third-order valence-electron chi connectivity index (χ3n) is 2.63. The first-order valence-electron chi connectivity index (χ1n) is 5.61. The van der Waals surface area contributed by atoms with Crippen LogP contribution in [0, 0.1) is 17.5 Å². The van der Waals surface area contributed by atoms with Gasteiger partial charge in [0.15, 0.2) is 23.6 Å². The summed E-state index contributed by atoms with van der Waals surface area (Å²) < 4.78 is 48.6. The quantitative estimate of drug-likeness (QED) is 0.359. The summed E-state index contributed by atoms with van der Waals surface area (Å²) in [7, 11) is 0. The summed E-state index contributed by atoms with van der Waals surface area (Å²) in [6.45, 7) is 2.15. The van der Waals surface area contributed by atoms with Gasteiger partial charge in [-0.05, 0) is 6.92 Å². The Balaban J connectivity index is 2.07. The minimum atomic E-state index is -1.60. The van der Waals surface area contributed by atoms with Gasteiger partial charge in [-0.1, -0.05) is 11.6 Å². The van der Waals surface area contributed by atoms with Gasteiger partial charge in [0.05, 0.1) is 6.61 Å². The number of carbonyl (C=O) groups is 1. The van der Waals surface area contributed by atoms with E-state index in [0.29, 0.717) is 25.2 Å². The van der Waals surface area contributed by atoms with Gasteiger partial charge in [-0.25, -0.2) is 18.0 Å². The normalized spacial score (nSPS) is 18.9. The van der Waals surface area contributed by atoms with Gasteiger partial charge in [0, 0.05) is 18.6 Å². The van der Waals surface area contributed by atoms with Crippen LogP contribution in [-0.4, -0.2) is 18.7 Å². The van der Waals surface area contributed by atoms with Gasteiger partial charge in [-0.3, -0.25) is 0 Å². The molecular weight excluding hydrogens is 261 g/mol. The van der Waals surface area contributed by atoms with Crippen molar-refractivity contribution >= 4 is 5.97 Å². The van der Waals surface area contributed by atoms with Crippen LogP contribution >= 0.6 is 0 Å². The van der Waals surface area contributed by atoms with Crippen LogP contribution in [0.2, 0.25) is 0 Å². The zero-order valence-corrected chi connectivity index (χ0v) is 10.1. The van der Waals surface area contributed by atoms with E-state index in [4.69, 9.17) is 9.47 Å². The Bertz CT molecular complexity index is 517. The smallest absolute Gasteiger partial charge is 0.340 e. The van der Waals surface area contributed by atoms with Crippen molar-refractivity contribution in [2.45, 2.75) is 19.4 Å². The van der Waals surface area contributed by atoms with Crippen LogP contribution < -0.4 is 4.74 Å². The molecule has 1 heterocycles. The van der Waals surface area contributed by atoms with Crippen molar-refractivity contribution in [2.24, 2.45) is 0 Å². The maximum Gasteiger partial charge on any atom is 0.340 e. The lowest BCUT2D eigenvalue weighted by atomic mass is 10.1. The Morgan fingerprint density at radius 2 is 1.95 bits per heavy atom. The number of ether oxygens (including phenoxy) is 2. The van der Waals surface area contributed by atoms with E-state index in [0.717, 1.165) is 5.57 Å². The van der Waals surface area contributed by atoms with Crippen molar-refractivity contribution in [3.63, 3.8) is 0 Å². The molecule has 1 aliphatic heterocycles. The van der Waals surface area contributed by atoms with Crippen molar-refractivity contribution in [3.8, 4) is 5.75 Å². The van der Waals surface area contributed by atoms with Crippen molar-refractivity contribution < 1.29 is 27.4 Å². The Morgan fingerprint density at radius 3 is 2.47 bits per heavy atom. The number of carbonyl (C=O) groups excluding carboxylic acids is 1. The summed E-state index contributed by atoms with van der Waals surface area (Å²) in [4.78, 5) is 11.7. The molecule has 0 spiro atoms. The molecule has 1 atom stereocenters. The number of rotatable bonds is 2. The van der Waals surface area contributed by atoms with Crippen molar-refractivity contribution in [3.05, 3.63) is 41.2 Å². The lowest BCUT2D eigenvalue weighted by molar-refractivity contribution is -0.147. The molecule has 1 unspecified atom stereocenters. The van der Waals surface area contributed by atoms with Crippen molar-refractivity contribution in [1.82, 2.24) is 0 Å². The highest BCUT2D eigenvalue weighted by Crippen LogP contribution is 2.21. The zero-order valence-electron chi connectivity index (χ0n) is 10.1. The molecule has 1 aromatic rings. The largest absolute Gasteiger partial charge is 0.424 e. The van der Waals surface area contributed by atoms with Crippen LogP contribution in [0.5, 0.6) is 5.75 Å². The standard InChI is InChI=1S/C13H11F3O3/c1-7-2-3-11(18-6-7)13(17)19-8-4-9(14)12(16)10(15)5-8/h2,4-5,11H,3,6H2,1H3. The van der Waals surface area contributed by atoms with Crippen LogP contribution in [0.1, 0.15) is 13.3 Å². The second-order valence-electron chi connectivity index (χ2n) is 4.21. The Labute approximate surface area is 107 Å². The first-order valence-corrected chi connectivity index (χ1v) is 5.61. The molecule has 0 N–H and O–H groups in total. The first-order chi connectivity index (χ1) is 8.97. The van der Waals surface area contributed by atoms with E-state index in [2.05, 4.69) is 0 Å². The molecule has 102 valence electrons. The van der Waals surface area contributed by atoms with Crippen LogP contribution in [0.3, 0.4) is 0 Å². The highest BCUT2D eigenvalue weighted by molar-refractivity contribution is 5.77. The molecular formula is C13H11F3O3. The number of hydrogen-bond donors (Lipinski definition) is 0. The van der Waals surface area contributed by atoms with Crippen LogP contribution in [0.25, 0.3) is 0 Å². The minimum Gasteiger partial charge on any atom is -0.424 e. The third kappa shape index (κ3) is 3.14. The average molecular weight is 272 g/mol. The van der Waals surface area contributed by atoms with Gasteiger partial charge < -0.3 is 9.47 Å². The fourth-order valence-corrected chi connectivity index (χ4v) is 1.60. The minimum absolute atomic E-state index is 0.298. The van der Waals surface area contributed by atoms with Crippen LogP contribution in [0.4, 0.5) is 13.2 Å². The molecule has 0 aliphatic carbocycles. The molecule has 0 fully saturated rings. The number of benzene rings is 1. The molecule has 3 nitrogen and oxygen atoms in total. The predicted molar refractivity (Wildman–Crippen MR) is 60.1 cm³/mol. The van der Waals surface area contributed by atoms with E-state index < -0.39 is 35.3 Å². The summed E-state index contributed by atoms with van der Waals surface area (Å²) in [5.41, 5.74) is 0.989. The third-order valence-corrected chi connectivity index (χ3v) is 2.63. The zero-order chi connectivity index (χ0) is 14.0. The summed E-state index contributed by atoms with van der Waals surface area (Å²) in [5.74, 6) is -5.59. The van der Waals surface area contributed by atoms with E-state index in [1.54, 1.807) is 0 Å². The molecule has 2 rings (SSSR count). The molecule has 6 heteroatoms. The fourth-order valence-electron chi connectivity index (χ4n) is 1.60. The number of hydrogen-bond acceptors (Lipinski definition) is 3. The summed E-state index contributed by atoms with van der Waals surface area (Å²) in [6, 6.07) is 1.22. The predicted octanol–water partition coefficient (Wildman–Crippen LogP) is 2.74. The maximum atomic E-state index is 12.9. The van der Waals surface area contributed by atoms with Gasteiger partial charge in [0.2, 0.25) is 0 Å². The molecule has 0 saturated carbocycles. The SMILES string of the molecule is CC1=CCC(C(=O)Oc2cc(F)c(F)c(F)c2)OC1. The summed E-state index contributed by atoms with van der Waals surface area (Å²) >= 11 is 0. The van der Waals surface area contributed by atoms with E-state index in [-0.39, 0.29) is 0 Å². The topological polar surface area (TPSA) is 35.5 Å². The summed E-state index contributed by atoms with van der Waals surface area (Å²) in [5, 5.41) is 0. The molecule has 1 aromatic carbocycles. The van der Waals surface area contributed by atoms with E-state index in [1.165, 1.54) is 0 Å². The first kappa shape index (κ1) is 13.6. The van der Waals surface area contributed by atoms with E-state index in [9.17, 15) is 18.0 Å². The van der Waals surface area contributed by atoms with Crippen LogP contribution in [0.15, 0.2) is 23.8 Å².